The molecule has 0 saturated carbocycles. The summed E-state index contributed by atoms with van der Waals surface area (Å²) in [5, 5.41) is 10.4. The number of halogens is 6. The van der Waals surface area contributed by atoms with Gasteiger partial charge in [-0.05, 0) is 17.7 Å². The molecular formula is C9H5F6O. The molecule has 0 spiro atoms. The van der Waals surface area contributed by atoms with Crippen molar-refractivity contribution in [3.8, 4) is 0 Å². The smallest absolute Gasteiger partial charge is 0.232 e. The van der Waals surface area contributed by atoms with Gasteiger partial charge in [0, 0.05) is 0 Å². The summed E-state index contributed by atoms with van der Waals surface area (Å²) < 4.78 is 73.3. The van der Waals surface area contributed by atoms with Crippen molar-refractivity contribution in [2.45, 2.75) is 19.0 Å². The summed E-state index contributed by atoms with van der Waals surface area (Å²) in [4.78, 5) is 0. The Hall–Kier alpha value is -1.24. The van der Waals surface area contributed by atoms with Crippen LogP contribution in [0.15, 0.2) is 18.2 Å². The molecule has 0 aliphatic heterocycles. The van der Waals surface area contributed by atoms with Gasteiger partial charge in [0.2, 0.25) is 0 Å². The maximum absolute atomic E-state index is 12.3. The zero-order chi connectivity index (χ0) is 12.6. The van der Waals surface area contributed by atoms with E-state index in [9.17, 15) is 31.4 Å². The summed E-state index contributed by atoms with van der Waals surface area (Å²) in [6, 6.07) is 0.967. The van der Waals surface area contributed by atoms with E-state index in [1.54, 1.807) is 0 Å². The third-order valence-electron chi connectivity index (χ3n) is 1.90. The second-order valence-electron chi connectivity index (χ2n) is 3.01. The molecule has 89 valence electrons. The Morgan fingerprint density at radius 2 is 1.50 bits per heavy atom. The Morgan fingerprint density at radius 1 is 0.938 bits per heavy atom. The van der Waals surface area contributed by atoms with Crippen LogP contribution in [0.25, 0.3) is 0 Å². The lowest BCUT2D eigenvalue weighted by Crippen LogP contribution is -2.13. The molecule has 1 nitrogen and oxygen atoms in total. The van der Waals surface area contributed by atoms with Crippen molar-refractivity contribution in [3.05, 3.63) is 34.9 Å². The number of hydrogen-bond donors (Lipinski definition) is 0. The highest BCUT2D eigenvalue weighted by Crippen LogP contribution is 2.37. The highest BCUT2D eigenvalue weighted by molar-refractivity contribution is 5.35. The summed E-state index contributed by atoms with van der Waals surface area (Å²) in [5.41, 5.74) is -3.64. The second-order valence-corrected chi connectivity index (χ2v) is 3.01. The van der Waals surface area contributed by atoms with Gasteiger partial charge in [-0.15, -0.1) is 0 Å². The lowest BCUT2D eigenvalue weighted by Gasteiger charge is -2.14. The number of alkyl halides is 6. The van der Waals surface area contributed by atoms with Gasteiger partial charge in [0.05, 0.1) is 11.1 Å². The SMILES string of the molecule is [O]Cc1ccc(C(F)(F)F)cc1C(F)(F)F. The predicted molar refractivity (Wildman–Crippen MR) is 40.8 cm³/mol. The maximum Gasteiger partial charge on any atom is 0.416 e. The first kappa shape index (κ1) is 12.8. The van der Waals surface area contributed by atoms with Gasteiger partial charge in [0.15, 0.2) is 0 Å². The van der Waals surface area contributed by atoms with E-state index < -0.39 is 35.6 Å². The topological polar surface area (TPSA) is 19.9 Å². The van der Waals surface area contributed by atoms with Crippen molar-refractivity contribution in [1.82, 2.24) is 0 Å². The average Bonchev–Trinajstić information content (AvgIpc) is 2.14. The van der Waals surface area contributed by atoms with Crippen molar-refractivity contribution in [3.63, 3.8) is 0 Å². The van der Waals surface area contributed by atoms with Gasteiger partial charge in [-0.25, -0.2) is 5.11 Å². The molecule has 0 atom stereocenters. The molecule has 0 aliphatic rings. The number of hydrogen-bond acceptors (Lipinski definition) is 0. The van der Waals surface area contributed by atoms with Crippen molar-refractivity contribution in [1.29, 1.82) is 0 Å². The standard InChI is InChI=1S/C9H5F6O/c10-8(11,12)6-2-1-5(4-16)7(3-6)9(13,14)15/h1-3H,4H2. The number of rotatable bonds is 1. The molecule has 0 N–H and O–H groups in total. The van der Waals surface area contributed by atoms with Gasteiger partial charge in [-0.2, -0.15) is 26.3 Å². The lowest BCUT2D eigenvalue weighted by molar-refractivity contribution is -0.143. The summed E-state index contributed by atoms with van der Waals surface area (Å²) in [6.45, 7) is -1.22. The van der Waals surface area contributed by atoms with Gasteiger partial charge in [0.25, 0.3) is 0 Å². The molecule has 16 heavy (non-hydrogen) atoms. The first-order chi connectivity index (χ1) is 7.16. The van der Waals surface area contributed by atoms with Crippen LogP contribution in [0.3, 0.4) is 0 Å². The largest absolute Gasteiger partial charge is 0.416 e. The Bertz CT molecular complexity index is 379. The fourth-order valence-corrected chi connectivity index (χ4v) is 1.14. The van der Waals surface area contributed by atoms with Gasteiger partial charge >= 0.3 is 12.4 Å². The first-order valence-electron chi connectivity index (χ1n) is 4.01. The lowest BCUT2D eigenvalue weighted by atomic mass is 10.0. The third kappa shape index (κ3) is 2.66. The van der Waals surface area contributed by atoms with Crippen LogP contribution < -0.4 is 0 Å². The van der Waals surface area contributed by atoms with Crippen LogP contribution in [0.5, 0.6) is 0 Å². The minimum absolute atomic E-state index is 0.0484. The minimum atomic E-state index is -4.96. The van der Waals surface area contributed by atoms with Gasteiger partial charge in [-0.1, -0.05) is 6.07 Å². The zero-order valence-electron chi connectivity index (χ0n) is 7.62. The van der Waals surface area contributed by atoms with Crippen LogP contribution in [-0.4, -0.2) is 0 Å². The fourth-order valence-electron chi connectivity index (χ4n) is 1.14. The highest BCUT2D eigenvalue weighted by Gasteiger charge is 2.37. The molecule has 0 aromatic heterocycles. The highest BCUT2D eigenvalue weighted by atomic mass is 19.4. The molecular weight excluding hydrogens is 238 g/mol. The van der Waals surface area contributed by atoms with Crippen molar-refractivity contribution in [2.24, 2.45) is 0 Å². The molecule has 1 aromatic carbocycles. The first-order valence-corrected chi connectivity index (χ1v) is 4.01. The Labute approximate surface area is 86.3 Å². The van der Waals surface area contributed by atoms with Crippen LogP contribution in [-0.2, 0) is 24.1 Å². The van der Waals surface area contributed by atoms with Gasteiger partial charge < -0.3 is 0 Å². The van der Waals surface area contributed by atoms with E-state index in [4.69, 9.17) is 0 Å². The van der Waals surface area contributed by atoms with E-state index in [0.29, 0.717) is 12.1 Å². The third-order valence-corrected chi connectivity index (χ3v) is 1.90. The van der Waals surface area contributed by atoms with Crippen molar-refractivity contribution < 1.29 is 31.4 Å². The predicted octanol–water partition coefficient (Wildman–Crippen LogP) is 3.65. The maximum atomic E-state index is 12.3. The van der Waals surface area contributed by atoms with E-state index in [-0.39, 0.29) is 6.07 Å². The molecule has 7 heteroatoms. The molecule has 0 unspecified atom stereocenters. The second kappa shape index (κ2) is 3.97. The normalized spacial score (nSPS) is 12.9. The van der Waals surface area contributed by atoms with Crippen LogP contribution in [0.1, 0.15) is 16.7 Å². The van der Waals surface area contributed by atoms with E-state index in [0.717, 1.165) is 0 Å². The minimum Gasteiger partial charge on any atom is -0.232 e. The van der Waals surface area contributed by atoms with Crippen LogP contribution in [0, 0.1) is 0 Å². The van der Waals surface area contributed by atoms with Gasteiger partial charge in [0.1, 0.15) is 6.61 Å². The van der Waals surface area contributed by atoms with Crippen LogP contribution in [0.2, 0.25) is 0 Å². The Morgan fingerprint density at radius 3 is 1.88 bits per heavy atom. The summed E-state index contributed by atoms with van der Waals surface area (Å²) in [7, 11) is 0. The summed E-state index contributed by atoms with van der Waals surface area (Å²) in [6.07, 6.45) is -9.82. The quantitative estimate of drug-likeness (QED) is 0.671. The van der Waals surface area contributed by atoms with Gasteiger partial charge in [-0.3, -0.25) is 0 Å². The molecule has 0 amide bonds. The van der Waals surface area contributed by atoms with Crippen LogP contribution in [0.4, 0.5) is 26.3 Å². The van der Waals surface area contributed by atoms with E-state index >= 15 is 0 Å². The fraction of sp³-hybridized carbons (Fsp3) is 0.333. The summed E-state index contributed by atoms with van der Waals surface area (Å²) in [5.74, 6) is 0. The molecule has 1 radical (unpaired) electrons. The van der Waals surface area contributed by atoms with E-state index in [1.807, 2.05) is 0 Å². The molecule has 0 aliphatic carbocycles. The molecule has 1 rings (SSSR count). The molecule has 1 aromatic rings. The Balaban J connectivity index is 3.34. The zero-order valence-corrected chi connectivity index (χ0v) is 7.62. The molecule has 0 bridgehead atoms. The summed E-state index contributed by atoms with van der Waals surface area (Å²) >= 11 is 0. The Kier molecular flexibility index (Phi) is 3.18. The molecule has 0 heterocycles. The average molecular weight is 243 g/mol. The van der Waals surface area contributed by atoms with Crippen molar-refractivity contribution in [2.75, 3.05) is 0 Å². The van der Waals surface area contributed by atoms with Crippen LogP contribution >= 0.6 is 0 Å². The van der Waals surface area contributed by atoms with E-state index in [2.05, 4.69) is 0 Å². The number of benzene rings is 1. The van der Waals surface area contributed by atoms with E-state index in [1.165, 1.54) is 0 Å². The van der Waals surface area contributed by atoms with Crippen molar-refractivity contribution >= 4 is 0 Å². The monoisotopic (exact) mass is 243 g/mol. The molecule has 0 fully saturated rings. The molecule has 0 saturated heterocycles.